The van der Waals surface area contributed by atoms with E-state index in [2.05, 4.69) is 15.8 Å². The molecule has 182 valence electrons. The van der Waals surface area contributed by atoms with Crippen molar-refractivity contribution in [3.63, 3.8) is 0 Å². The van der Waals surface area contributed by atoms with E-state index in [-0.39, 0.29) is 23.6 Å². The van der Waals surface area contributed by atoms with Crippen LogP contribution in [0, 0.1) is 5.82 Å². The first-order valence-corrected chi connectivity index (χ1v) is 11.5. The van der Waals surface area contributed by atoms with Gasteiger partial charge in [-0.25, -0.2) is 4.39 Å². The van der Waals surface area contributed by atoms with Crippen molar-refractivity contribution in [3.05, 3.63) is 69.8 Å². The van der Waals surface area contributed by atoms with Gasteiger partial charge in [-0.05, 0) is 32.2 Å². The van der Waals surface area contributed by atoms with Gasteiger partial charge in [-0.15, -0.1) is 0 Å². The summed E-state index contributed by atoms with van der Waals surface area (Å²) in [5.74, 6) is -1.55. The number of likely N-dealkylation sites (N-methyl/N-ethyl adjacent to an activating group) is 1. The topological polar surface area (TPSA) is 95.9 Å². The summed E-state index contributed by atoms with van der Waals surface area (Å²) < 4.78 is 23.2. The molecule has 0 saturated carbocycles. The van der Waals surface area contributed by atoms with Crippen LogP contribution in [0.5, 0.6) is 5.75 Å². The number of rotatable bonds is 3. The van der Waals surface area contributed by atoms with Gasteiger partial charge >= 0.3 is 0 Å². The molecule has 1 unspecified atom stereocenters. The van der Waals surface area contributed by atoms with Gasteiger partial charge < -0.3 is 19.1 Å². The molecular formula is C25H26FN5O4. The van der Waals surface area contributed by atoms with E-state index in [1.165, 1.54) is 12.3 Å². The first-order chi connectivity index (χ1) is 16.8. The number of ether oxygens (including phenoxy) is 1. The van der Waals surface area contributed by atoms with Crippen molar-refractivity contribution in [2.24, 2.45) is 0 Å². The number of amides is 2. The number of hydrogen-bond donors (Lipinski definition) is 2. The maximum absolute atomic E-state index is 15.4. The van der Waals surface area contributed by atoms with E-state index < -0.39 is 23.1 Å². The van der Waals surface area contributed by atoms with E-state index >= 15 is 4.39 Å². The Morgan fingerprint density at radius 1 is 1.06 bits per heavy atom. The molecule has 1 atom stereocenters. The fourth-order valence-corrected chi connectivity index (χ4v) is 4.54. The highest BCUT2D eigenvalue weighted by atomic mass is 19.1. The first kappa shape index (κ1) is 22.9. The molecule has 1 saturated heterocycles. The van der Waals surface area contributed by atoms with Crippen LogP contribution in [-0.2, 0) is 0 Å². The SMILES string of the molecule is CC1COc2c(N3CCN(C)CC3)c(F)cc3c(=O)c(C(=O)NNC(=O)c4ccccc4)cn1c23. The minimum atomic E-state index is -0.784. The number of piperazine rings is 1. The lowest BCUT2D eigenvalue weighted by atomic mass is 10.0. The molecule has 2 aliphatic rings. The van der Waals surface area contributed by atoms with Crippen molar-refractivity contribution in [2.75, 3.05) is 44.7 Å². The summed E-state index contributed by atoms with van der Waals surface area (Å²) in [5.41, 5.74) is 4.95. The van der Waals surface area contributed by atoms with Crippen LogP contribution in [0.4, 0.5) is 10.1 Å². The normalized spacial score (nSPS) is 17.7. The van der Waals surface area contributed by atoms with Crippen LogP contribution in [-0.4, -0.2) is 61.1 Å². The maximum atomic E-state index is 15.4. The molecule has 0 bridgehead atoms. The number of pyridine rings is 1. The Morgan fingerprint density at radius 2 is 1.74 bits per heavy atom. The lowest BCUT2D eigenvalue weighted by Gasteiger charge is -2.37. The van der Waals surface area contributed by atoms with Crippen molar-refractivity contribution in [1.82, 2.24) is 20.3 Å². The molecule has 0 radical (unpaired) electrons. The van der Waals surface area contributed by atoms with Gasteiger partial charge in [-0.1, -0.05) is 18.2 Å². The third-order valence-corrected chi connectivity index (χ3v) is 6.53. The van der Waals surface area contributed by atoms with E-state index in [0.717, 1.165) is 13.1 Å². The van der Waals surface area contributed by atoms with Crippen LogP contribution in [0.2, 0.25) is 0 Å². The van der Waals surface area contributed by atoms with Gasteiger partial charge in [0.1, 0.15) is 17.9 Å². The summed E-state index contributed by atoms with van der Waals surface area (Å²) in [4.78, 5) is 42.5. The Labute approximate surface area is 201 Å². The molecule has 1 fully saturated rings. The van der Waals surface area contributed by atoms with Crippen molar-refractivity contribution < 1.29 is 18.7 Å². The molecule has 5 rings (SSSR count). The number of hydrazine groups is 1. The summed E-state index contributed by atoms with van der Waals surface area (Å²) >= 11 is 0. The summed E-state index contributed by atoms with van der Waals surface area (Å²) in [6, 6.07) is 9.35. The average Bonchev–Trinajstić information content (AvgIpc) is 2.87. The zero-order valence-electron chi connectivity index (χ0n) is 19.5. The molecule has 3 aromatic rings. The summed E-state index contributed by atoms with van der Waals surface area (Å²) in [6.45, 7) is 5.00. The van der Waals surface area contributed by atoms with E-state index in [9.17, 15) is 14.4 Å². The Kier molecular flexibility index (Phi) is 5.89. The van der Waals surface area contributed by atoms with Crippen LogP contribution in [0.1, 0.15) is 33.7 Å². The molecule has 2 aromatic carbocycles. The fourth-order valence-electron chi connectivity index (χ4n) is 4.54. The van der Waals surface area contributed by atoms with Crippen LogP contribution in [0.3, 0.4) is 0 Å². The zero-order valence-corrected chi connectivity index (χ0v) is 19.5. The number of benzene rings is 2. The largest absolute Gasteiger partial charge is 0.487 e. The number of anilines is 1. The number of carbonyl (C=O) groups excluding carboxylic acids is 2. The molecule has 2 aliphatic heterocycles. The molecule has 0 aliphatic carbocycles. The van der Waals surface area contributed by atoms with Gasteiger partial charge in [0, 0.05) is 37.9 Å². The number of hydrogen-bond acceptors (Lipinski definition) is 6. The minimum Gasteiger partial charge on any atom is -0.487 e. The lowest BCUT2D eigenvalue weighted by molar-refractivity contribution is 0.0845. The molecule has 9 nitrogen and oxygen atoms in total. The zero-order chi connectivity index (χ0) is 24.7. The standard InChI is InChI=1S/C25H26FN5O4/c1-15-14-35-23-20-17(12-19(26)21(23)30-10-8-29(2)9-11-30)22(32)18(13-31(15)20)25(34)28-27-24(33)16-6-4-3-5-7-16/h3-7,12-13,15H,8-11,14H2,1-2H3,(H,27,33)(H,28,34). The van der Waals surface area contributed by atoms with Crippen LogP contribution in [0.15, 0.2) is 47.4 Å². The number of carbonyl (C=O) groups is 2. The van der Waals surface area contributed by atoms with Gasteiger partial charge in [-0.2, -0.15) is 0 Å². The highest BCUT2D eigenvalue weighted by Gasteiger charge is 2.31. The van der Waals surface area contributed by atoms with Crippen molar-refractivity contribution in [1.29, 1.82) is 0 Å². The molecule has 2 N–H and O–H groups in total. The molecular weight excluding hydrogens is 453 g/mol. The second-order valence-corrected chi connectivity index (χ2v) is 8.94. The predicted molar refractivity (Wildman–Crippen MR) is 129 cm³/mol. The summed E-state index contributed by atoms with van der Waals surface area (Å²) in [5, 5.41) is 0.0592. The highest BCUT2D eigenvalue weighted by molar-refractivity contribution is 6.02. The third-order valence-electron chi connectivity index (χ3n) is 6.53. The van der Waals surface area contributed by atoms with E-state index in [1.54, 1.807) is 34.9 Å². The minimum absolute atomic E-state index is 0.0592. The third kappa shape index (κ3) is 4.10. The van der Waals surface area contributed by atoms with Crippen LogP contribution < -0.4 is 25.9 Å². The van der Waals surface area contributed by atoms with Gasteiger partial charge in [0.2, 0.25) is 5.43 Å². The molecule has 35 heavy (non-hydrogen) atoms. The Bertz CT molecular complexity index is 1370. The van der Waals surface area contributed by atoms with Crippen molar-refractivity contribution in [3.8, 4) is 5.75 Å². The van der Waals surface area contributed by atoms with Gasteiger partial charge in [0.15, 0.2) is 11.6 Å². The Hall–Kier alpha value is -3.92. The predicted octanol–water partition coefficient (Wildman–Crippen LogP) is 1.92. The molecule has 1 aromatic heterocycles. The lowest BCUT2D eigenvalue weighted by Crippen LogP contribution is -2.45. The van der Waals surface area contributed by atoms with Gasteiger partial charge in [0.05, 0.1) is 16.9 Å². The highest BCUT2D eigenvalue weighted by Crippen LogP contribution is 2.42. The fraction of sp³-hybridized carbons (Fsp3) is 0.320. The van der Waals surface area contributed by atoms with Crippen molar-refractivity contribution >= 4 is 28.4 Å². The van der Waals surface area contributed by atoms with Gasteiger partial charge in [-0.3, -0.25) is 25.2 Å². The second kappa shape index (κ2) is 9.03. The number of nitrogens with zero attached hydrogens (tertiary/aromatic N) is 3. The molecule has 0 spiro atoms. The summed E-state index contributed by atoms with van der Waals surface area (Å²) in [7, 11) is 2.02. The first-order valence-electron chi connectivity index (χ1n) is 11.5. The smallest absolute Gasteiger partial charge is 0.275 e. The number of halogens is 1. The molecule has 10 heteroatoms. The van der Waals surface area contributed by atoms with E-state index in [0.29, 0.717) is 35.6 Å². The maximum Gasteiger partial charge on any atom is 0.275 e. The molecule has 2 amide bonds. The van der Waals surface area contributed by atoms with Gasteiger partial charge in [0.25, 0.3) is 11.8 Å². The van der Waals surface area contributed by atoms with Crippen LogP contribution >= 0.6 is 0 Å². The quantitative estimate of drug-likeness (QED) is 0.558. The Morgan fingerprint density at radius 3 is 2.46 bits per heavy atom. The monoisotopic (exact) mass is 479 g/mol. The number of aromatic nitrogens is 1. The van der Waals surface area contributed by atoms with E-state index in [1.807, 2.05) is 18.9 Å². The van der Waals surface area contributed by atoms with Crippen LogP contribution in [0.25, 0.3) is 10.9 Å². The number of nitrogens with one attached hydrogen (secondary N) is 2. The summed E-state index contributed by atoms with van der Waals surface area (Å²) in [6.07, 6.45) is 1.46. The molecule has 3 heterocycles. The second-order valence-electron chi connectivity index (χ2n) is 8.94. The average molecular weight is 480 g/mol. The Balaban J connectivity index is 1.52. The van der Waals surface area contributed by atoms with E-state index in [4.69, 9.17) is 4.74 Å². The van der Waals surface area contributed by atoms with Crippen molar-refractivity contribution in [2.45, 2.75) is 13.0 Å².